The maximum atomic E-state index is 11.3. The van der Waals surface area contributed by atoms with E-state index in [0.29, 0.717) is 6.54 Å². The highest BCUT2D eigenvalue weighted by atomic mass is 16.7. The zero-order chi connectivity index (χ0) is 13.1. The summed E-state index contributed by atoms with van der Waals surface area (Å²) in [6.45, 7) is 2.67. The van der Waals surface area contributed by atoms with E-state index < -0.39 is 36.6 Å². The molecule has 0 spiro atoms. The largest absolute Gasteiger partial charge is 0.441 e. The third-order valence-corrected chi connectivity index (χ3v) is 2.81. The van der Waals surface area contributed by atoms with Crippen molar-refractivity contribution in [3.63, 3.8) is 0 Å². The van der Waals surface area contributed by atoms with Gasteiger partial charge >= 0.3 is 12.2 Å². The van der Waals surface area contributed by atoms with Crippen LogP contribution in [0.3, 0.4) is 0 Å². The number of hydrogen-bond acceptors (Lipinski definition) is 6. The second kappa shape index (κ2) is 5.40. The Morgan fingerprint density at radius 2 is 1.78 bits per heavy atom. The first-order valence-corrected chi connectivity index (χ1v) is 5.75. The monoisotopic (exact) mass is 260 g/mol. The Bertz CT molecular complexity index is 336. The normalized spacial score (nSPS) is 33.8. The van der Waals surface area contributed by atoms with Gasteiger partial charge in [0.2, 0.25) is 0 Å². The Balaban J connectivity index is 1.88. The van der Waals surface area contributed by atoms with Crippen LogP contribution >= 0.6 is 0 Å². The molecule has 2 fully saturated rings. The van der Waals surface area contributed by atoms with Crippen LogP contribution in [0.15, 0.2) is 0 Å². The number of carbonyl (C=O) groups is 2. The molecule has 2 heterocycles. The summed E-state index contributed by atoms with van der Waals surface area (Å²) in [5.41, 5.74) is 4.94. The highest BCUT2D eigenvalue weighted by Gasteiger charge is 2.51. The Hall–Kier alpha value is -1.54. The van der Waals surface area contributed by atoms with Crippen molar-refractivity contribution < 1.29 is 28.5 Å². The number of amides is 2. The Morgan fingerprint density at radius 1 is 1.22 bits per heavy atom. The minimum absolute atomic E-state index is 0.188. The highest BCUT2D eigenvalue weighted by molar-refractivity contribution is 5.67. The van der Waals surface area contributed by atoms with Crippen LogP contribution in [-0.4, -0.2) is 56.4 Å². The SMILES string of the molecule is CCNC(=O)O[C@H]1CO[C@H]2[C@@H]1OC[C@H]2OC(N)=O. The maximum absolute atomic E-state index is 11.3. The number of primary amides is 1. The third kappa shape index (κ3) is 2.65. The van der Waals surface area contributed by atoms with Crippen LogP contribution in [0.25, 0.3) is 0 Å². The van der Waals surface area contributed by atoms with E-state index in [1.165, 1.54) is 0 Å². The zero-order valence-corrected chi connectivity index (χ0v) is 9.96. The van der Waals surface area contributed by atoms with Crippen molar-refractivity contribution in [2.45, 2.75) is 31.3 Å². The topological polar surface area (TPSA) is 109 Å². The van der Waals surface area contributed by atoms with Gasteiger partial charge in [-0.2, -0.15) is 0 Å². The van der Waals surface area contributed by atoms with E-state index >= 15 is 0 Å². The number of hydrogen-bond donors (Lipinski definition) is 2. The van der Waals surface area contributed by atoms with Crippen LogP contribution < -0.4 is 11.1 Å². The molecule has 0 bridgehead atoms. The Morgan fingerprint density at radius 3 is 2.28 bits per heavy atom. The quantitative estimate of drug-likeness (QED) is 0.698. The Labute approximate surface area is 104 Å². The first-order chi connectivity index (χ1) is 8.61. The molecule has 0 unspecified atom stereocenters. The van der Waals surface area contributed by atoms with Crippen molar-refractivity contribution in [2.75, 3.05) is 19.8 Å². The van der Waals surface area contributed by atoms with Gasteiger partial charge in [-0.25, -0.2) is 9.59 Å². The number of ether oxygens (including phenoxy) is 4. The molecule has 3 N–H and O–H groups in total. The molecule has 0 radical (unpaired) electrons. The van der Waals surface area contributed by atoms with E-state index in [2.05, 4.69) is 5.32 Å². The fourth-order valence-electron chi connectivity index (χ4n) is 2.10. The van der Waals surface area contributed by atoms with E-state index in [4.69, 9.17) is 24.7 Å². The van der Waals surface area contributed by atoms with Crippen LogP contribution in [0.4, 0.5) is 9.59 Å². The van der Waals surface area contributed by atoms with E-state index in [1.54, 1.807) is 6.92 Å². The number of rotatable bonds is 3. The molecule has 2 saturated heterocycles. The van der Waals surface area contributed by atoms with Gasteiger partial charge in [0.1, 0.15) is 12.2 Å². The number of nitrogens with one attached hydrogen (secondary N) is 1. The van der Waals surface area contributed by atoms with Gasteiger partial charge < -0.3 is 30.0 Å². The van der Waals surface area contributed by atoms with Gasteiger partial charge in [-0.1, -0.05) is 0 Å². The summed E-state index contributed by atoms with van der Waals surface area (Å²) in [5, 5.41) is 2.52. The lowest BCUT2D eigenvalue weighted by Crippen LogP contribution is -2.38. The van der Waals surface area contributed by atoms with Crippen LogP contribution in [0.1, 0.15) is 6.92 Å². The second-order valence-electron chi connectivity index (χ2n) is 4.05. The summed E-state index contributed by atoms with van der Waals surface area (Å²) in [6.07, 6.45) is -3.29. The molecule has 2 amide bonds. The van der Waals surface area contributed by atoms with Gasteiger partial charge in [0, 0.05) is 6.54 Å². The second-order valence-corrected chi connectivity index (χ2v) is 4.05. The van der Waals surface area contributed by atoms with Crippen molar-refractivity contribution in [1.82, 2.24) is 5.32 Å². The molecular weight excluding hydrogens is 244 g/mol. The summed E-state index contributed by atoms with van der Waals surface area (Å²) < 4.78 is 20.8. The molecule has 0 aromatic heterocycles. The molecular formula is C10H16N2O6. The van der Waals surface area contributed by atoms with Gasteiger partial charge in [-0.3, -0.25) is 0 Å². The van der Waals surface area contributed by atoms with E-state index in [-0.39, 0.29) is 13.2 Å². The molecule has 4 atom stereocenters. The number of carbonyl (C=O) groups excluding carboxylic acids is 2. The fourth-order valence-corrected chi connectivity index (χ4v) is 2.10. The van der Waals surface area contributed by atoms with Gasteiger partial charge in [0.15, 0.2) is 12.2 Å². The first-order valence-electron chi connectivity index (χ1n) is 5.75. The lowest BCUT2D eigenvalue weighted by molar-refractivity contribution is -0.0102. The average molecular weight is 260 g/mol. The summed E-state index contributed by atoms with van der Waals surface area (Å²) in [6, 6.07) is 0. The summed E-state index contributed by atoms with van der Waals surface area (Å²) >= 11 is 0. The van der Waals surface area contributed by atoms with Crippen molar-refractivity contribution in [1.29, 1.82) is 0 Å². The number of alkyl carbamates (subject to hydrolysis) is 1. The smallest absolute Gasteiger partial charge is 0.407 e. The first kappa shape index (κ1) is 12.9. The maximum Gasteiger partial charge on any atom is 0.407 e. The van der Waals surface area contributed by atoms with Crippen LogP contribution in [0.2, 0.25) is 0 Å². The molecule has 0 aliphatic carbocycles. The van der Waals surface area contributed by atoms with Crippen LogP contribution in [-0.2, 0) is 18.9 Å². The molecule has 8 heteroatoms. The average Bonchev–Trinajstić information content (AvgIpc) is 2.83. The molecule has 2 aliphatic heterocycles. The highest BCUT2D eigenvalue weighted by Crippen LogP contribution is 2.30. The molecule has 0 aromatic rings. The molecule has 2 aliphatic rings. The van der Waals surface area contributed by atoms with E-state index in [1.807, 2.05) is 0 Å². The van der Waals surface area contributed by atoms with Crippen molar-refractivity contribution in [3.05, 3.63) is 0 Å². The van der Waals surface area contributed by atoms with Gasteiger partial charge in [-0.15, -0.1) is 0 Å². The summed E-state index contributed by atoms with van der Waals surface area (Å²) in [4.78, 5) is 22.0. The van der Waals surface area contributed by atoms with Crippen LogP contribution in [0.5, 0.6) is 0 Å². The third-order valence-electron chi connectivity index (χ3n) is 2.81. The minimum Gasteiger partial charge on any atom is -0.441 e. The fraction of sp³-hybridized carbons (Fsp3) is 0.800. The van der Waals surface area contributed by atoms with Crippen LogP contribution in [0, 0.1) is 0 Å². The van der Waals surface area contributed by atoms with Crippen molar-refractivity contribution in [2.24, 2.45) is 5.73 Å². The molecule has 0 aromatic carbocycles. The van der Waals surface area contributed by atoms with E-state index in [9.17, 15) is 9.59 Å². The minimum atomic E-state index is -0.874. The van der Waals surface area contributed by atoms with Gasteiger partial charge in [-0.05, 0) is 6.92 Å². The summed E-state index contributed by atoms with van der Waals surface area (Å²) in [5.74, 6) is 0. The molecule has 18 heavy (non-hydrogen) atoms. The Kier molecular flexibility index (Phi) is 3.87. The van der Waals surface area contributed by atoms with Gasteiger partial charge in [0.05, 0.1) is 13.2 Å². The summed E-state index contributed by atoms with van der Waals surface area (Å²) in [7, 11) is 0. The molecule has 8 nitrogen and oxygen atoms in total. The number of fused-ring (bicyclic) bond motifs is 1. The van der Waals surface area contributed by atoms with Gasteiger partial charge in [0.25, 0.3) is 0 Å². The lowest BCUT2D eigenvalue weighted by atomic mass is 10.1. The predicted molar refractivity (Wildman–Crippen MR) is 57.9 cm³/mol. The molecule has 0 saturated carbocycles. The molecule has 2 rings (SSSR count). The van der Waals surface area contributed by atoms with Crippen molar-refractivity contribution >= 4 is 12.2 Å². The van der Waals surface area contributed by atoms with E-state index in [0.717, 1.165) is 0 Å². The zero-order valence-electron chi connectivity index (χ0n) is 9.96. The standard InChI is InChI=1S/C10H16N2O6/c1-2-12-10(14)18-6-4-16-7-5(17-9(11)13)3-15-8(6)7/h5-8H,2-4H2,1H3,(H2,11,13)(H,12,14)/t5-,6+,7-,8-/m1/s1. The molecule has 102 valence electrons. The van der Waals surface area contributed by atoms with Crippen molar-refractivity contribution in [3.8, 4) is 0 Å². The number of nitrogens with two attached hydrogens (primary N) is 1. The lowest BCUT2D eigenvalue weighted by Gasteiger charge is -2.16. The predicted octanol–water partition coefficient (Wildman–Crippen LogP) is -0.637.